The molecule has 2 aliphatic rings. The minimum atomic E-state index is 0.202. The summed E-state index contributed by atoms with van der Waals surface area (Å²) in [6.45, 7) is 3.21. The SMILES string of the molecule is Cc1ccnc(CC(=O)N(C)[C@H]2CCC[C@@H]3CCCN(C)[C@@H]32)c1. The average Bonchev–Trinajstić information content (AvgIpc) is 2.54. The van der Waals surface area contributed by atoms with Crippen molar-refractivity contribution in [1.29, 1.82) is 0 Å². The van der Waals surface area contributed by atoms with E-state index in [1.807, 2.05) is 31.0 Å². The summed E-state index contributed by atoms with van der Waals surface area (Å²) in [6, 6.07) is 4.89. The first kappa shape index (κ1) is 16.4. The van der Waals surface area contributed by atoms with Crippen LogP contribution in [0.5, 0.6) is 0 Å². The lowest BCUT2D eigenvalue weighted by molar-refractivity contribution is -0.134. The number of hydrogen-bond donors (Lipinski definition) is 0. The van der Waals surface area contributed by atoms with Gasteiger partial charge in [-0.2, -0.15) is 0 Å². The molecule has 2 fully saturated rings. The van der Waals surface area contributed by atoms with Crippen LogP contribution in [0.25, 0.3) is 0 Å². The summed E-state index contributed by atoms with van der Waals surface area (Å²) < 4.78 is 0. The lowest BCUT2D eigenvalue weighted by Crippen LogP contribution is -2.58. The fraction of sp³-hybridized carbons (Fsp3) is 0.684. The molecule has 1 saturated carbocycles. The molecule has 0 N–H and O–H groups in total. The van der Waals surface area contributed by atoms with Crippen molar-refractivity contribution in [2.24, 2.45) is 5.92 Å². The number of pyridine rings is 1. The third-order valence-electron chi connectivity index (χ3n) is 5.74. The quantitative estimate of drug-likeness (QED) is 0.860. The van der Waals surface area contributed by atoms with Gasteiger partial charge >= 0.3 is 0 Å². The van der Waals surface area contributed by atoms with E-state index in [4.69, 9.17) is 0 Å². The van der Waals surface area contributed by atoms with Gasteiger partial charge in [0.2, 0.25) is 5.91 Å². The molecule has 1 aliphatic carbocycles. The van der Waals surface area contributed by atoms with Crippen molar-refractivity contribution in [3.63, 3.8) is 0 Å². The standard InChI is InChI=1S/C19H29N3O/c1-14-9-10-20-16(12-14)13-18(23)22(3)17-8-4-6-15-7-5-11-21(2)19(15)17/h9-10,12,15,17,19H,4-8,11,13H2,1-3H3/t15-,17+,19+/m1/s1. The van der Waals surface area contributed by atoms with Gasteiger partial charge in [0, 0.05) is 31.0 Å². The van der Waals surface area contributed by atoms with E-state index >= 15 is 0 Å². The van der Waals surface area contributed by atoms with Crippen LogP contribution in [0.3, 0.4) is 0 Å². The van der Waals surface area contributed by atoms with E-state index in [0.29, 0.717) is 18.5 Å². The minimum absolute atomic E-state index is 0.202. The Morgan fingerprint density at radius 2 is 2.13 bits per heavy atom. The molecule has 126 valence electrons. The number of likely N-dealkylation sites (N-methyl/N-ethyl adjacent to an activating group) is 2. The summed E-state index contributed by atoms with van der Waals surface area (Å²) in [5.41, 5.74) is 2.04. The second-order valence-electron chi connectivity index (χ2n) is 7.38. The monoisotopic (exact) mass is 315 g/mol. The minimum Gasteiger partial charge on any atom is -0.341 e. The molecule has 0 spiro atoms. The Bertz CT molecular complexity index is 557. The van der Waals surface area contributed by atoms with E-state index in [9.17, 15) is 4.79 Å². The number of aryl methyl sites for hydroxylation is 1. The van der Waals surface area contributed by atoms with Gasteiger partial charge in [-0.15, -0.1) is 0 Å². The predicted octanol–water partition coefficient (Wildman–Crippen LogP) is 2.65. The Labute approximate surface area is 139 Å². The first-order valence-corrected chi connectivity index (χ1v) is 8.93. The van der Waals surface area contributed by atoms with Crippen molar-refractivity contribution in [2.75, 3.05) is 20.6 Å². The number of nitrogens with zero attached hydrogens (tertiary/aromatic N) is 3. The number of carbonyl (C=O) groups is 1. The summed E-state index contributed by atoms with van der Waals surface area (Å²) in [6.07, 6.45) is 8.55. The smallest absolute Gasteiger partial charge is 0.228 e. The molecule has 0 bridgehead atoms. The Morgan fingerprint density at radius 1 is 1.35 bits per heavy atom. The summed E-state index contributed by atoms with van der Waals surface area (Å²) in [7, 11) is 4.23. The second kappa shape index (κ2) is 7.00. The van der Waals surface area contributed by atoms with Gasteiger partial charge in [0.05, 0.1) is 6.42 Å². The van der Waals surface area contributed by atoms with Crippen LogP contribution in [0.1, 0.15) is 43.4 Å². The number of piperidine rings is 1. The van der Waals surface area contributed by atoms with Crippen molar-refractivity contribution in [1.82, 2.24) is 14.8 Å². The molecule has 0 radical (unpaired) electrons. The van der Waals surface area contributed by atoms with Gasteiger partial charge in [0.25, 0.3) is 0 Å². The largest absolute Gasteiger partial charge is 0.341 e. The van der Waals surface area contributed by atoms with Crippen molar-refractivity contribution in [3.8, 4) is 0 Å². The molecular formula is C19H29N3O. The van der Waals surface area contributed by atoms with Gasteiger partial charge in [0.15, 0.2) is 0 Å². The van der Waals surface area contributed by atoms with Crippen LogP contribution in [0.15, 0.2) is 18.3 Å². The number of likely N-dealkylation sites (tertiary alicyclic amines) is 1. The maximum absolute atomic E-state index is 12.8. The Morgan fingerprint density at radius 3 is 2.91 bits per heavy atom. The van der Waals surface area contributed by atoms with E-state index in [0.717, 1.165) is 23.6 Å². The third-order valence-corrected chi connectivity index (χ3v) is 5.74. The Balaban J connectivity index is 1.70. The van der Waals surface area contributed by atoms with E-state index in [-0.39, 0.29) is 5.91 Å². The lowest BCUT2D eigenvalue weighted by Gasteiger charge is -2.49. The van der Waals surface area contributed by atoms with Gasteiger partial charge in [-0.05, 0) is 69.8 Å². The number of carbonyl (C=O) groups excluding carboxylic acids is 1. The summed E-state index contributed by atoms with van der Waals surface area (Å²) in [5.74, 6) is 0.965. The zero-order valence-corrected chi connectivity index (χ0v) is 14.7. The average molecular weight is 315 g/mol. The fourth-order valence-electron chi connectivity index (χ4n) is 4.55. The molecule has 1 aromatic rings. The van der Waals surface area contributed by atoms with Crippen LogP contribution in [-0.2, 0) is 11.2 Å². The molecule has 1 aliphatic heterocycles. The highest BCUT2D eigenvalue weighted by molar-refractivity contribution is 5.78. The van der Waals surface area contributed by atoms with E-state index in [1.165, 1.54) is 32.2 Å². The van der Waals surface area contributed by atoms with Crippen LogP contribution >= 0.6 is 0 Å². The normalized spacial score (nSPS) is 28.2. The molecule has 4 nitrogen and oxygen atoms in total. The molecule has 1 amide bonds. The number of aromatic nitrogens is 1. The zero-order valence-electron chi connectivity index (χ0n) is 14.7. The lowest BCUT2D eigenvalue weighted by atomic mass is 9.75. The molecule has 3 rings (SSSR count). The Hall–Kier alpha value is -1.42. The number of amides is 1. The highest BCUT2D eigenvalue weighted by Gasteiger charge is 2.40. The molecular weight excluding hydrogens is 286 g/mol. The van der Waals surface area contributed by atoms with Gasteiger partial charge in [-0.1, -0.05) is 6.42 Å². The number of hydrogen-bond acceptors (Lipinski definition) is 3. The molecule has 1 aromatic heterocycles. The van der Waals surface area contributed by atoms with Crippen LogP contribution in [-0.4, -0.2) is 53.4 Å². The van der Waals surface area contributed by atoms with E-state index in [1.54, 1.807) is 6.20 Å². The van der Waals surface area contributed by atoms with Gasteiger partial charge < -0.3 is 9.80 Å². The molecule has 2 heterocycles. The second-order valence-corrected chi connectivity index (χ2v) is 7.38. The van der Waals surface area contributed by atoms with Crippen molar-refractivity contribution < 1.29 is 4.79 Å². The number of rotatable bonds is 3. The first-order valence-electron chi connectivity index (χ1n) is 8.93. The fourth-order valence-corrected chi connectivity index (χ4v) is 4.55. The van der Waals surface area contributed by atoms with Crippen molar-refractivity contribution >= 4 is 5.91 Å². The summed E-state index contributed by atoms with van der Waals surface area (Å²) >= 11 is 0. The van der Waals surface area contributed by atoms with Crippen LogP contribution < -0.4 is 0 Å². The van der Waals surface area contributed by atoms with Crippen LogP contribution in [0.2, 0.25) is 0 Å². The topological polar surface area (TPSA) is 36.4 Å². The molecule has 23 heavy (non-hydrogen) atoms. The van der Waals surface area contributed by atoms with Gasteiger partial charge in [-0.3, -0.25) is 9.78 Å². The van der Waals surface area contributed by atoms with Gasteiger partial charge in [-0.25, -0.2) is 0 Å². The zero-order chi connectivity index (χ0) is 16.4. The number of fused-ring (bicyclic) bond motifs is 1. The maximum atomic E-state index is 12.8. The van der Waals surface area contributed by atoms with E-state index in [2.05, 4.69) is 16.9 Å². The van der Waals surface area contributed by atoms with Crippen molar-refractivity contribution in [3.05, 3.63) is 29.6 Å². The van der Waals surface area contributed by atoms with Crippen molar-refractivity contribution in [2.45, 2.75) is 57.5 Å². The first-order chi connectivity index (χ1) is 11.1. The van der Waals surface area contributed by atoms with Gasteiger partial charge in [0.1, 0.15) is 0 Å². The summed E-state index contributed by atoms with van der Waals surface area (Å²) in [4.78, 5) is 21.6. The summed E-state index contributed by atoms with van der Waals surface area (Å²) in [5, 5.41) is 0. The highest BCUT2D eigenvalue weighted by Crippen LogP contribution is 2.36. The van der Waals surface area contributed by atoms with Crippen LogP contribution in [0.4, 0.5) is 0 Å². The predicted molar refractivity (Wildman–Crippen MR) is 92.2 cm³/mol. The van der Waals surface area contributed by atoms with E-state index < -0.39 is 0 Å². The maximum Gasteiger partial charge on any atom is 0.228 e. The highest BCUT2D eigenvalue weighted by atomic mass is 16.2. The molecule has 0 unspecified atom stereocenters. The molecule has 1 saturated heterocycles. The molecule has 0 aromatic carbocycles. The van der Waals surface area contributed by atoms with Crippen LogP contribution in [0, 0.1) is 12.8 Å². The third kappa shape index (κ3) is 3.57. The molecule has 3 atom stereocenters. The molecule has 4 heteroatoms. The Kier molecular flexibility index (Phi) is 5.00.